The first kappa shape index (κ1) is 19.0. The molecule has 2 aromatic rings. The summed E-state index contributed by atoms with van der Waals surface area (Å²) >= 11 is 6.33. The number of ether oxygens (including phenoxy) is 1. The van der Waals surface area contributed by atoms with Gasteiger partial charge in [0, 0.05) is 0 Å². The number of carbonyl (C=O) groups is 1. The van der Waals surface area contributed by atoms with E-state index in [1.165, 1.54) is 0 Å². The molecule has 23 heavy (non-hydrogen) atoms. The predicted octanol–water partition coefficient (Wildman–Crippen LogP) is 3.95. The van der Waals surface area contributed by atoms with Gasteiger partial charge in [0.05, 0.1) is 10.7 Å². The van der Waals surface area contributed by atoms with Crippen LogP contribution in [0.1, 0.15) is 5.56 Å². The van der Waals surface area contributed by atoms with Crippen LogP contribution in [0.2, 0.25) is 0 Å². The van der Waals surface area contributed by atoms with Gasteiger partial charge in [-0.05, 0) is 110 Å². The first-order valence-electron chi connectivity index (χ1n) is 6.40. The molecule has 1 atom stereocenters. The highest BCUT2D eigenvalue weighted by molar-refractivity contribution is 14.1. The van der Waals surface area contributed by atoms with Gasteiger partial charge in [0.15, 0.2) is 5.75 Å². The van der Waals surface area contributed by atoms with E-state index < -0.39 is 12.0 Å². The van der Waals surface area contributed by atoms with Crippen molar-refractivity contribution in [3.05, 3.63) is 46.6 Å². The van der Waals surface area contributed by atoms with Crippen molar-refractivity contribution in [1.82, 2.24) is 0 Å². The van der Waals surface area contributed by atoms with Gasteiger partial charge in [-0.2, -0.15) is 0 Å². The Hall–Kier alpha value is -0.340. The maximum absolute atomic E-state index is 10.9. The molecule has 0 heterocycles. The number of carboxylic acid groups (broad SMARTS) is 1. The molecule has 0 aliphatic rings. The van der Waals surface area contributed by atoms with Crippen LogP contribution in [0.5, 0.6) is 17.2 Å². The third-order valence-electron chi connectivity index (χ3n) is 2.97. The van der Waals surface area contributed by atoms with Crippen LogP contribution in [0.3, 0.4) is 0 Å². The zero-order valence-electron chi connectivity index (χ0n) is 11.6. The van der Waals surface area contributed by atoms with Crippen LogP contribution in [0.25, 0.3) is 0 Å². The lowest BCUT2D eigenvalue weighted by molar-refractivity contribution is -0.138. The normalized spacial score (nSPS) is 12.0. The van der Waals surface area contributed by atoms with E-state index in [0.717, 1.165) is 12.7 Å². The molecule has 2 aromatic carbocycles. The number of phenolic OH excluding ortho intramolecular Hbond substituents is 1. The number of phenols is 1. The fraction of sp³-hybridized carbons (Fsp3) is 0.133. The van der Waals surface area contributed by atoms with Crippen LogP contribution in [0, 0.1) is 10.7 Å². The number of hydrogen-bond acceptors (Lipinski definition) is 4. The highest BCUT2D eigenvalue weighted by Gasteiger charge is 2.16. The van der Waals surface area contributed by atoms with Gasteiger partial charge in [-0.15, -0.1) is 0 Å². The summed E-state index contributed by atoms with van der Waals surface area (Å²) in [5.74, 6) is 0.507. The first-order valence-corrected chi connectivity index (χ1v) is 9.64. The average molecular weight is 663 g/mol. The second kappa shape index (κ2) is 8.16. The molecule has 0 saturated heterocycles. The van der Waals surface area contributed by atoms with E-state index >= 15 is 0 Å². The zero-order chi connectivity index (χ0) is 17.1. The maximum atomic E-state index is 10.9. The fourth-order valence-electron chi connectivity index (χ4n) is 1.84. The van der Waals surface area contributed by atoms with Crippen LogP contribution in [0.15, 0.2) is 30.3 Å². The van der Waals surface area contributed by atoms with Crippen LogP contribution in [0.4, 0.5) is 0 Å². The highest BCUT2D eigenvalue weighted by atomic mass is 131. The van der Waals surface area contributed by atoms with Gasteiger partial charge in [0.25, 0.3) is 0 Å². The number of aliphatic carboxylic acids is 1. The second-order valence-electron chi connectivity index (χ2n) is 4.75. The summed E-state index contributed by atoms with van der Waals surface area (Å²) in [4.78, 5) is 10.9. The number of halogens is 3. The molecule has 0 amide bonds. The van der Waals surface area contributed by atoms with Gasteiger partial charge in [0.1, 0.15) is 17.5 Å². The van der Waals surface area contributed by atoms with Crippen molar-refractivity contribution in [1.29, 1.82) is 0 Å². The molecular formula is C15H12I3NO4. The largest absolute Gasteiger partial charge is 0.507 e. The Kier molecular flexibility index (Phi) is 6.74. The lowest BCUT2D eigenvalue weighted by atomic mass is 10.1. The van der Waals surface area contributed by atoms with E-state index in [4.69, 9.17) is 15.6 Å². The topological polar surface area (TPSA) is 92.8 Å². The zero-order valence-corrected chi connectivity index (χ0v) is 18.1. The highest BCUT2D eigenvalue weighted by Crippen LogP contribution is 2.34. The molecule has 0 aromatic heterocycles. The van der Waals surface area contributed by atoms with E-state index in [1.54, 1.807) is 18.2 Å². The fourth-order valence-corrected chi connectivity index (χ4v) is 4.44. The second-order valence-corrected chi connectivity index (χ2v) is 8.24. The summed E-state index contributed by atoms with van der Waals surface area (Å²) in [6.45, 7) is 0. The van der Waals surface area contributed by atoms with Crippen molar-refractivity contribution in [2.75, 3.05) is 0 Å². The quantitative estimate of drug-likeness (QED) is 0.422. The third-order valence-corrected chi connectivity index (χ3v) is 5.44. The standard InChI is InChI=1S/C15H12I3NO4/c16-9-6-8(1-2-13(9)20)23-14-10(17)3-7(4-11(14)18)5-12(19)15(21)22/h1-4,6,12,20H,5,19H2,(H,21,22)/i16+4,17+4,18+4. The average Bonchev–Trinajstić information content (AvgIpc) is 2.46. The van der Waals surface area contributed by atoms with Crippen molar-refractivity contribution in [3.63, 3.8) is 0 Å². The lowest BCUT2D eigenvalue weighted by Gasteiger charge is -2.13. The van der Waals surface area contributed by atoms with Gasteiger partial charge < -0.3 is 20.7 Å². The van der Waals surface area contributed by atoms with Gasteiger partial charge in [-0.25, -0.2) is 0 Å². The number of aromatic hydroxyl groups is 1. The maximum Gasteiger partial charge on any atom is 0.320 e. The minimum atomic E-state index is -1.02. The Labute approximate surface area is 174 Å². The summed E-state index contributed by atoms with van der Waals surface area (Å²) in [6, 6.07) is 7.83. The minimum Gasteiger partial charge on any atom is -0.507 e. The molecule has 122 valence electrons. The molecule has 8 heteroatoms. The molecule has 0 bridgehead atoms. The Morgan fingerprint density at radius 3 is 2.26 bits per heavy atom. The van der Waals surface area contributed by atoms with Crippen LogP contribution < -0.4 is 10.5 Å². The van der Waals surface area contributed by atoms with Crippen LogP contribution in [-0.2, 0) is 11.2 Å². The van der Waals surface area contributed by atoms with Gasteiger partial charge in [-0.1, -0.05) is 0 Å². The van der Waals surface area contributed by atoms with Crippen LogP contribution >= 0.6 is 67.8 Å². The molecule has 0 spiro atoms. The summed E-state index contributed by atoms with van der Waals surface area (Å²) in [5.41, 5.74) is 6.43. The molecular weight excluding hydrogens is 651 g/mol. The van der Waals surface area contributed by atoms with E-state index in [2.05, 4.69) is 45.2 Å². The summed E-state index contributed by atoms with van der Waals surface area (Å²) < 4.78 is 8.34. The number of nitrogens with two attached hydrogens (primary N) is 1. The Morgan fingerprint density at radius 1 is 1.13 bits per heavy atom. The first-order chi connectivity index (χ1) is 10.8. The number of hydrogen-bond donors (Lipinski definition) is 3. The Balaban J connectivity index is 2.26. The van der Waals surface area contributed by atoms with Crippen LogP contribution in [-0.4, -0.2) is 22.2 Å². The molecule has 0 fully saturated rings. The van der Waals surface area contributed by atoms with Crippen molar-refractivity contribution in [3.8, 4) is 17.2 Å². The monoisotopic (exact) mass is 663 g/mol. The van der Waals surface area contributed by atoms with Gasteiger partial charge in [-0.3, -0.25) is 4.79 Å². The Bertz CT molecular complexity index is 728. The number of carboxylic acids is 1. The van der Waals surface area contributed by atoms with E-state index in [-0.39, 0.29) is 12.2 Å². The minimum absolute atomic E-state index is 0.209. The molecule has 2 rings (SSSR count). The SMILES string of the molecule is NC(Cc1cc([131I])c(Oc2ccc(O)c([131I])c2)c([131I])c1)C(=O)O. The molecule has 1 unspecified atom stereocenters. The predicted molar refractivity (Wildman–Crippen MR) is 112 cm³/mol. The smallest absolute Gasteiger partial charge is 0.320 e. The lowest BCUT2D eigenvalue weighted by Crippen LogP contribution is -2.32. The summed E-state index contributed by atoms with van der Waals surface area (Å²) in [6.07, 6.45) is 0.263. The van der Waals surface area contributed by atoms with Crippen molar-refractivity contribution in [2.45, 2.75) is 12.5 Å². The van der Waals surface area contributed by atoms with E-state index in [0.29, 0.717) is 15.1 Å². The van der Waals surface area contributed by atoms with Gasteiger partial charge in [0.2, 0.25) is 0 Å². The number of rotatable bonds is 5. The Morgan fingerprint density at radius 2 is 1.74 bits per heavy atom. The third kappa shape index (κ3) is 5.06. The summed E-state index contributed by atoms with van der Waals surface area (Å²) in [5, 5.41) is 18.5. The van der Waals surface area contributed by atoms with Gasteiger partial charge >= 0.3 is 5.97 Å². The number of benzene rings is 2. The van der Waals surface area contributed by atoms with E-state index in [1.807, 2.05) is 34.7 Å². The van der Waals surface area contributed by atoms with Crippen molar-refractivity contribution < 1.29 is 19.7 Å². The molecule has 0 radical (unpaired) electrons. The molecule has 4 N–H and O–H groups in total. The van der Waals surface area contributed by atoms with Crippen molar-refractivity contribution >= 4 is 73.7 Å². The molecule has 0 saturated carbocycles. The molecule has 0 aliphatic carbocycles. The van der Waals surface area contributed by atoms with E-state index in [9.17, 15) is 9.90 Å². The molecule has 5 nitrogen and oxygen atoms in total. The van der Waals surface area contributed by atoms with Crippen molar-refractivity contribution in [2.24, 2.45) is 5.73 Å². The molecule has 0 aliphatic heterocycles. The summed E-state index contributed by atoms with van der Waals surface area (Å²) in [7, 11) is 0.